The lowest BCUT2D eigenvalue weighted by Gasteiger charge is -2.48. The Balaban J connectivity index is 3.43. The number of esters is 3. The summed E-state index contributed by atoms with van der Waals surface area (Å²) < 4.78 is 20.7. The van der Waals surface area contributed by atoms with Gasteiger partial charge in [0, 0.05) is 27.7 Å². The molecule has 0 aromatic rings. The SMILES string of the molecule is CC(=O)OC[C@@]1(C(C)=O)O[C@@H](SC(C)=O)[C@H](OC(C)=O)[C@@H](OC(C)=O)[C@@H]1O. The number of carbonyl (C=O) groups is 5. The fourth-order valence-electron chi connectivity index (χ4n) is 2.56. The highest BCUT2D eigenvalue weighted by Gasteiger charge is 2.60. The van der Waals surface area contributed by atoms with Crippen molar-refractivity contribution in [1.82, 2.24) is 0 Å². The Bertz CT molecular complexity index is 633. The molecule has 1 saturated heterocycles. The molecule has 0 radical (unpaired) electrons. The summed E-state index contributed by atoms with van der Waals surface area (Å²) in [5.41, 5.74) is -3.41. The molecule has 1 aliphatic rings. The molecule has 1 rings (SSSR count). The van der Waals surface area contributed by atoms with Crippen molar-refractivity contribution in [3.8, 4) is 0 Å². The second-order valence-electron chi connectivity index (χ2n) is 5.91. The number of hydrogen-bond donors (Lipinski definition) is 1. The Morgan fingerprint density at radius 3 is 1.85 bits per heavy atom. The van der Waals surface area contributed by atoms with E-state index in [1.165, 1.54) is 6.92 Å². The molecule has 0 bridgehead atoms. The Morgan fingerprint density at radius 1 is 0.926 bits per heavy atom. The molecule has 0 saturated carbocycles. The Labute approximate surface area is 159 Å². The zero-order valence-electron chi connectivity index (χ0n) is 15.5. The van der Waals surface area contributed by atoms with Crippen LogP contribution >= 0.6 is 11.8 Å². The number of thioether (sulfide) groups is 1. The number of rotatable bonds is 6. The molecule has 5 atom stereocenters. The third kappa shape index (κ3) is 5.75. The normalized spacial score (nSPS) is 30.1. The fraction of sp³-hybridized carbons (Fsp3) is 0.688. The van der Waals surface area contributed by atoms with Crippen molar-refractivity contribution < 1.29 is 48.0 Å². The Hall–Kier alpha value is -1.98. The van der Waals surface area contributed by atoms with Crippen molar-refractivity contribution in [2.24, 2.45) is 0 Å². The van der Waals surface area contributed by atoms with E-state index < -0.39 is 64.8 Å². The van der Waals surface area contributed by atoms with Crippen LogP contribution in [0.5, 0.6) is 0 Å². The van der Waals surface area contributed by atoms with Crippen LogP contribution in [-0.4, -0.2) is 69.9 Å². The van der Waals surface area contributed by atoms with Gasteiger partial charge < -0.3 is 24.1 Å². The summed E-state index contributed by atoms with van der Waals surface area (Å²) in [6, 6.07) is 0. The van der Waals surface area contributed by atoms with Crippen LogP contribution < -0.4 is 0 Å². The fourth-order valence-corrected chi connectivity index (χ4v) is 3.45. The van der Waals surface area contributed by atoms with Gasteiger partial charge in [-0.3, -0.25) is 24.0 Å². The number of carbonyl (C=O) groups excluding carboxylic acids is 5. The Kier molecular flexibility index (Phi) is 7.93. The maximum atomic E-state index is 12.3. The number of ether oxygens (including phenoxy) is 4. The first-order chi connectivity index (χ1) is 12.4. The minimum absolute atomic E-state index is 0.444. The predicted molar refractivity (Wildman–Crippen MR) is 90.3 cm³/mol. The van der Waals surface area contributed by atoms with E-state index in [1.807, 2.05) is 0 Å². The summed E-state index contributed by atoms with van der Waals surface area (Å²) in [5, 5.41) is 10.3. The summed E-state index contributed by atoms with van der Waals surface area (Å²) in [6.45, 7) is 4.85. The predicted octanol–water partition coefficient (Wildman–Crippen LogP) is -0.262. The van der Waals surface area contributed by atoms with E-state index in [-0.39, 0.29) is 0 Å². The molecule has 0 aromatic carbocycles. The quantitative estimate of drug-likeness (QED) is 0.460. The van der Waals surface area contributed by atoms with Gasteiger partial charge in [0.15, 0.2) is 34.1 Å². The zero-order chi connectivity index (χ0) is 20.9. The van der Waals surface area contributed by atoms with Gasteiger partial charge in [0.05, 0.1) is 0 Å². The number of aliphatic hydroxyl groups is 1. The highest BCUT2D eigenvalue weighted by Crippen LogP contribution is 2.39. The maximum Gasteiger partial charge on any atom is 0.303 e. The summed E-state index contributed by atoms with van der Waals surface area (Å²) in [4.78, 5) is 58.1. The average molecular weight is 406 g/mol. The van der Waals surface area contributed by atoms with Gasteiger partial charge in [-0.15, -0.1) is 0 Å². The van der Waals surface area contributed by atoms with Crippen LogP contribution in [0, 0.1) is 0 Å². The lowest BCUT2D eigenvalue weighted by Crippen LogP contribution is -2.69. The van der Waals surface area contributed by atoms with Gasteiger partial charge in [-0.25, -0.2) is 0 Å². The second kappa shape index (κ2) is 9.29. The van der Waals surface area contributed by atoms with E-state index in [0.717, 1.165) is 27.7 Å². The molecule has 0 aliphatic carbocycles. The number of hydrogen-bond acceptors (Lipinski definition) is 11. The number of ketones is 1. The van der Waals surface area contributed by atoms with Crippen molar-refractivity contribution in [2.45, 2.75) is 64.0 Å². The first kappa shape index (κ1) is 23.1. The lowest BCUT2D eigenvalue weighted by molar-refractivity contribution is -0.259. The molecule has 11 heteroatoms. The first-order valence-corrected chi connectivity index (χ1v) is 8.80. The highest BCUT2D eigenvalue weighted by molar-refractivity contribution is 8.14. The van der Waals surface area contributed by atoms with Crippen molar-refractivity contribution in [1.29, 1.82) is 0 Å². The van der Waals surface area contributed by atoms with Crippen LogP contribution in [0.2, 0.25) is 0 Å². The summed E-state index contributed by atoms with van der Waals surface area (Å²) >= 11 is 0.579. The van der Waals surface area contributed by atoms with E-state index in [9.17, 15) is 29.1 Å². The lowest BCUT2D eigenvalue weighted by atomic mass is 9.84. The molecule has 0 aromatic heterocycles. The smallest absolute Gasteiger partial charge is 0.303 e. The monoisotopic (exact) mass is 406 g/mol. The number of aliphatic hydroxyl groups excluding tert-OH is 1. The average Bonchev–Trinajstić information content (AvgIpc) is 2.50. The first-order valence-electron chi connectivity index (χ1n) is 7.92. The zero-order valence-corrected chi connectivity index (χ0v) is 16.4. The minimum Gasteiger partial charge on any atom is -0.462 e. The van der Waals surface area contributed by atoms with Crippen LogP contribution in [0.15, 0.2) is 0 Å². The van der Waals surface area contributed by atoms with Gasteiger partial charge in [-0.05, 0) is 6.92 Å². The largest absolute Gasteiger partial charge is 0.462 e. The molecule has 0 amide bonds. The van der Waals surface area contributed by atoms with E-state index in [4.69, 9.17) is 18.9 Å². The topological polar surface area (TPSA) is 143 Å². The Morgan fingerprint density at radius 2 is 1.44 bits per heavy atom. The minimum atomic E-state index is -2.12. The van der Waals surface area contributed by atoms with E-state index in [2.05, 4.69) is 0 Å². The van der Waals surface area contributed by atoms with Gasteiger partial charge in [0.25, 0.3) is 0 Å². The molecular weight excluding hydrogens is 384 g/mol. The van der Waals surface area contributed by atoms with Crippen molar-refractivity contribution in [3.63, 3.8) is 0 Å². The van der Waals surface area contributed by atoms with Gasteiger partial charge in [-0.1, -0.05) is 11.8 Å². The summed E-state index contributed by atoms with van der Waals surface area (Å²) in [7, 11) is 0. The molecule has 1 fully saturated rings. The third-order valence-electron chi connectivity index (χ3n) is 3.68. The van der Waals surface area contributed by atoms with Crippen LogP contribution in [0.3, 0.4) is 0 Å². The molecule has 1 aliphatic heterocycles. The van der Waals surface area contributed by atoms with Crippen LogP contribution in [-0.2, 0) is 42.9 Å². The highest BCUT2D eigenvalue weighted by atomic mass is 32.2. The number of Topliss-reactive ketones (excluding diaryl/α,β-unsaturated/α-hetero) is 1. The van der Waals surface area contributed by atoms with Crippen LogP contribution in [0.25, 0.3) is 0 Å². The van der Waals surface area contributed by atoms with Gasteiger partial charge >= 0.3 is 17.9 Å². The molecule has 1 heterocycles. The molecule has 152 valence electrons. The molecular formula is C16H22O10S. The molecule has 27 heavy (non-hydrogen) atoms. The van der Waals surface area contributed by atoms with Gasteiger partial charge in [-0.2, -0.15) is 0 Å². The maximum absolute atomic E-state index is 12.3. The van der Waals surface area contributed by atoms with Gasteiger partial charge in [0.1, 0.15) is 12.7 Å². The third-order valence-corrected chi connectivity index (χ3v) is 4.61. The van der Waals surface area contributed by atoms with Crippen molar-refractivity contribution >= 4 is 40.6 Å². The molecule has 0 unspecified atom stereocenters. The van der Waals surface area contributed by atoms with Crippen molar-refractivity contribution in [3.05, 3.63) is 0 Å². The standard InChI is InChI=1S/C16H22O10S/c1-7(17)16(6-23-8(2)18)14(22)12(24-9(3)19)13(25-10(4)20)15(26-16)27-11(5)21/h12-15,22H,6H2,1-5H3/t12-,13-,14+,15+,16+/m1/s1. The molecule has 1 N–H and O–H groups in total. The summed E-state index contributed by atoms with van der Waals surface area (Å²) in [6.07, 6.45) is -4.73. The van der Waals surface area contributed by atoms with E-state index >= 15 is 0 Å². The van der Waals surface area contributed by atoms with Crippen molar-refractivity contribution in [2.75, 3.05) is 6.61 Å². The van der Waals surface area contributed by atoms with Gasteiger partial charge in [0.2, 0.25) is 0 Å². The second-order valence-corrected chi connectivity index (χ2v) is 7.19. The van der Waals surface area contributed by atoms with E-state index in [1.54, 1.807) is 0 Å². The summed E-state index contributed by atoms with van der Waals surface area (Å²) in [5.74, 6) is -3.08. The molecule has 0 spiro atoms. The van der Waals surface area contributed by atoms with Crippen LogP contribution in [0.4, 0.5) is 0 Å². The van der Waals surface area contributed by atoms with E-state index in [0.29, 0.717) is 11.8 Å². The van der Waals surface area contributed by atoms with Crippen LogP contribution in [0.1, 0.15) is 34.6 Å². The molecule has 10 nitrogen and oxygen atoms in total.